The van der Waals surface area contributed by atoms with Crippen molar-refractivity contribution in [1.29, 1.82) is 0 Å². The van der Waals surface area contributed by atoms with Crippen molar-refractivity contribution in [3.8, 4) is 0 Å². The van der Waals surface area contributed by atoms with Gasteiger partial charge in [-0.1, -0.05) is 25.4 Å². The molecule has 0 saturated carbocycles. The van der Waals surface area contributed by atoms with Crippen LogP contribution in [0.3, 0.4) is 0 Å². The summed E-state index contributed by atoms with van der Waals surface area (Å²) in [6.07, 6.45) is -0.433. The Morgan fingerprint density at radius 3 is 2.43 bits per heavy atom. The van der Waals surface area contributed by atoms with Gasteiger partial charge in [-0.05, 0) is 50.8 Å². The number of ether oxygens (including phenoxy) is 1. The summed E-state index contributed by atoms with van der Waals surface area (Å²) in [5.41, 5.74) is 0.103. The first-order chi connectivity index (χ1) is 10.6. The summed E-state index contributed by atoms with van der Waals surface area (Å²) in [6.45, 7) is 10.7. The Hall–Kier alpha value is -1.49. The van der Waals surface area contributed by atoms with Crippen molar-refractivity contribution >= 4 is 23.4 Å². The van der Waals surface area contributed by atoms with Crippen LogP contribution in [0, 0.1) is 17.7 Å². The van der Waals surface area contributed by atoms with Gasteiger partial charge in [-0.25, -0.2) is 9.18 Å². The highest BCUT2D eigenvalue weighted by atomic mass is 35.5. The molecule has 23 heavy (non-hydrogen) atoms. The second-order valence-corrected chi connectivity index (χ2v) is 7.36. The first-order valence-corrected chi connectivity index (χ1v) is 8.11. The molecule has 0 saturated heterocycles. The summed E-state index contributed by atoms with van der Waals surface area (Å²) < 4.78 is 18.5. The first-order valence-electron chi connectivity index (χ1n) is 7.73. The van der Waals surface area contributed by atoms with Crippen LogP contribution in [0.5, 0.6) is 0 Å². The number of alkyl carbamates (subject to hydrolysis) is 1. The zero-order valence-electron chi connectivity index (χ0n) is 14.4. The van der Waals surface area contributed by atoms with E-state index >= 15 is 0 Å². The SMILES string of the molecule is CC(C)C(CNC(=O)OC(C)(C)C)CNc1cc(F)cc(Cl)c1. The number of benzene rings is 1. The van der Waals surface area contributed by atoms with Crippen LogP contribution < -0.4 is 10.6 Å². The number of anilines is 1. The molecule has 0 spiro atoms. The van der Waals surface area contributed by atoms with Crippen LogP contribution in [0.15, 0.2) is 18.2 Å². The van der Waals surface area contributed by atoms with Gasteiger partial charge in [-0.15, -0.1) is 0 Å². The van der Waals surface area contributed by atoms with Gasteiger partial charge in [0.1, 0.15) is 11.4 Å². The number of amides is 1. The lowest BCUT2D eigenvalue weighted by Gasteiger charge is -2.24. The van der Waals surface area contributed by atoms with Crippen molar-refractivity contribution in [1.82, 2.24) is 5.32 Å². The van der Waals surface area contributed by atoms with Crippen LogP contribution in [0.1, 0.15) is 34.6 Å². The average molecular weight is 345 g/mol. The van der Waals surface area contributed by atoms with Crippen molar-refractivity contribution in [3.63, 3.8) is 0 Å². The van der Waals surface area contributed by atoms with Crippen LogP contribution in [0.2, 0.25) is 5.02 Å². The Bertz CT molecular complexity index is 510. The van der Waals surface area contributed by atoms with E-state index < -0.39 is 11.7 Å². The number of carbonyl (C=O) groups is 1. The van der Waals surface area contributed by atoms with Crippen molar-refractivity contribution in [2.75, 3.05) is 18.4 Å². The molecule has 1 unspecified atom stereocenters. The molecule has 0 bridgehead atoms. The third-order valence-corrected chi connectivity index (χ3v) is 3.50. The van der Waals surface area contributed by atoms with Crippen LogP contribution >= 0.6 is 11.6 Å². The van der Waals surface area contributed by atoms with Crippen molar-refractivity contribution in [2.45, 2.75) is 40.2 Å². The van der Waals surface area contributed by atoms with Crippen LogP contribution in [0.4, 0.5) is 14.9 Å². The third-order valence-electron chi connectivity index (χ3n) is 3.28. The lowest BCUT2D eigenvalue weighted by molar-refractivity contribution is 0.0516. The minimum Gasteiger partial charge on any atom is -0.444 e. The Kier molecular flexibility index (Phi) is 7.13. The predicted octanol–water partition coefficient (Wildman–Crippen LogP) is 4.69. The normalized spacial score (nSPS) is 12.9. The van der Waals surface area contributed by atoms with Gasteiger partial charge in [-0.2, -0.15) is 0 Å². The molecule has 0 radical (unpaired) electrons. The van der Waals surface area contributed by atoms with Crippen molar-refractivity contribution < 1.29 is 13.9 Å². The molecule has 4 nitrogen and oxygen atoms in total. The average Bonchev–Trinajstić information content (AvgIpc) is 2.34. The maximum absolute atomic E-state index is 13.3. The molecular formula is C17H26ClFN2O2. The minimum atomic E-state index is -0.520. The van der Waals surface area contributed by atoms with E-state index in [0.717, 1.165) is 0 Å². The summed E-state index contributed by atoms with van der Waals surface area (Å²) in [6, 6.07) is 4.32. The van der Waals surface area contributed by atoms with E-state index in [4.69, 9.17) is 16.3 Å². The van der Waals surface area contributed by atoms with Crippen LogP contribution in [-0.2, 0) is 4.74 Å². The van der Waals surface area contributed by atoms with Crippen molar-refractivity contribution in [2.24, 2.45) is 11.8 Å². The molecule has 6 heteroatoms. The van der Waals surface area contributed by atoms with E-state index in [2.05, 4.69) is 24.5 Å². The molecule has 1 rings (SSSR count). The molecule has 0 heterocycles. The Morgan fingerprint density at radius 1 is 1.26 bits per heavy atom. The fraction of sp³-hybridized carbons (Fsp3) is 0.588. The van der Waals surface area contributed by atoms with E-state index in [1.807, 2.05) is 20.8 Å². The molecule has 0 fully saturated rings. The van der Waals surface area contributed by atoms with E-state index in [9.17, 15) is 9.18 Å². The van der Waals surface area contributed by atoms with Gasteiger partial charge in [0.2, 0.25) is 0 Å². The molecule has 0 aliphatic carbocycles. The van der Waals surface area contributed by atoms with Gasteiger partial charge in [0.15, 0.2) is 0 Å². The number of hydrogen-bond acceptors (Lipinski definition) is 3. The van der Waals surface area contributed by atoms with Crippen LogP contribution in [-0.4, -0.2) is 24.8 Å². The number of hydrogen-bond donors (Lipinski definition) is 2. The standard InChI is InChI=1S/C17H26ClFN2O2/c1-11(2)12(10-21-16(22)23-17(3,4)5)9-20-15-7-13(18)6-14(19)8-15/h6-8,11-12,20H,9-10H2,1-5H3,(H,21,22). The maximum Gasteiger partial charge on any atom is 0.407 e. The molecule has 0 aliphatic heterocycles. The van der Waals surface area contributed by atoms with Gasteiger partial charge >= 0.3 is 6.09 Å². The summed E-state index contributed by atoms with van der Waals surface area (Å²) in [7, 11) is 0. The van der Waals surface area contributed by atoms with E-state index in [-0.39, 0.29) is 11.7 Å². The number of carbonyl (C=O) groups excluding carboxylic acids is 1. The highest BCUT2D eigenvalue weighted by molar-refractivity contribution is 6.30. The fourth-order valence-electron chi connectivity index (χ4n) is 1.98. The second-order valence-electron chi connectivity index (χ2n) is 6.93. The van der Waals surface area contributed by atoms with Gasteiger partial charge in [0.05, 0.1) is 0 Å². The molecule has 2 N–H and O–H groups in total. The molecule has 130 valence electrons. The molecule has 0 aliphatic rings. The third kappa shape index (κ3) is 8.07. The maximum atomic E-state index is 13.3. The largest absolute Gasteiger partial charge is 0.444 e. The lowest BCUT2D eigenvalue weighted by atomic mass is 9.95. The van der Waals surface area contributed by atoms with E-state index in [1.54, 1.807) is 6.07 Å². The Labute approximate surface area is 142 Å². The van der Waals surface area contributed by atoms with E-state index in [0.29, 0.717) is 29.7 Å². The lowest BCUT2D eigenvalue weighted by Crippen LogP contribution is -2.38. The monoisotopic (exact) mass is 344 g/mol. The minimum absolute atomic E-state index is 0.171. The highest BCUT2D eigenvalue weighted by Crippen LogP contribution is 2.19. The van der Waals surface area contributed by atoms with Crippen molar-refractivity contribution in [3.05, 3.63) is 29.0 Å². The molecule has 1 aromatic carbocycles. The summed E-state index contributed by atoms with van der Waals surface area (Å²) >= 11 is 5.84. The zero-order chi connectivity index (χ0) is 17.6. The zero-order valence-corrected chi connectivity index (χ0v) is 15.1. The van der Waals surface area contributed by atoms with Gasteiger partial charge in [-0.3, -0.25) is 0 Å². The Morgan fingerprint density at radius 2 is 1.91 bits per heavy atom. The molecule has 1 aromatic rings. The van der Waals surface area contributed by atoms with Gasteiger partial charge < -0.3 is 15.4 Å². The Balaban J connectivity index is 2.54. The predicted molar refractivity (Wildman–Crippen MR) is 92.5 cm³/mol. The first kappa shape index (κ1) is 19.6. The topological polar surface area (TPSA) is 50.4 Å². The van der Waals surface area contributed by atoms with E-state index in [1.165, 1.54) is 12.1 Å². The number of rotatable bonds is 6. The summed E-state index contributed by atoms with van der Waals surface area (Å²) in [5, 5.41) is 6.29. The molecular weight excluding hydrogens is 319 g/mol. The molecule has 1 amide bonds. The van der Waals surface area contributed by atoms with Gasteiger partial charge in [0, 0.05) is 23.8 Å². The quantitative estimate of drug-likeness (QED) is 0.787. The molecule has 0 aromatic heterocycles. The van der Waals surface area contributed by atoms with Gasteiger partial charge in [0.25, 0.3) is 0 Å². The fourth-order valence-corrected chi connectivity index (χ4v) is 2.20. The highest BCUT2D eigenvalue weighted by Gasteiger charge is 2.19. The summed E-state index contributed by atoms with van der Waals surface area (Å²) in [4.78, 5) is 11.7. The smallest absolute Gasteiger partial charge is 0.407 e. The van der Waals surface area contributed by atoms with Crippen LogP contribution in [0.25, 0.3) is 0 Å². The number of nitrogens with one attached hydrogen (secondary N) is 2. The summed E-state index contributed by atoms with van der Waals surface area (Å²) in [5.74, 6) is 0.124. The second kappa shape index (κ2) is 8.39. The number of halogens is 2. The molecule has 1 atom stereocenters.